The van der Waals surface area contributed by atoms with Gasteiger partial charge in [0.15, 0.2) is 5.79 Å². The van der Waals surface area contributed by atoms with Crippen LogP contribution in [0.3, 0.4) is 0 Å². The molecule has 106 valence electrons. The normalized spacial score (nSPS) is 29.0. The molecule has 2 heterocycles. The molecule has 3 aliphatic rings. The predicted molar refractivity (Wildman–Crippen MR) is 73.6 cm³/mol. The van der Waals surface area contributed by atoms with Crippen molar-refractivity contribution in [3.05, 3.63) is 0 Å². The predicted octanol–water partition coefficient (Wildman–Crippen LogP) is 3.04. The number of piperidine rings is 1. The molecule has 0 radical (unpaired) electrons. The minimum atomic E-state index is -0.146. The van der Waals surface area contributed by atoms with Crippen LogP contribution in [0.2, 0.25) is 0 Å². The van der Waals surface area contributed by atoms with E-state index in [0.717, 1.165) is 26.1 Å². The van der Waals surface area contributed by atoms with Crippen molar-refractivity contribution in [2.75, 3.05) is 33.4 Å². The Morgan fingerprint density at radius 2 is 1.44 bits per heavy atom. The summed E-state index contributed by atoms with van der Waals surface area (Å²) in [4.78, 5) is 2.39. The second-order valence-corrected chi connectivity index (χ2v) is 6.21. The van der Waals surface area contributed by atoms with Crippen molar-refractivity contribution in [1.29, 1.82) is 0 Å². The van der Waals surface area contributed by atoms with Crippen molar-refractivity contribution in [2.24, 2.45) is 5.92 Å². The fraction of sp³-hybridized carbons (Fsp3) is 1.00. The van der Waals surface area contributed by atoms with E-state index < -0.39 is 0 Å². The van der Waals surface area contributed by atoms with Crippen LogP contribution >= 0.6 is 0 Å². The smallest absolute Gasteiger partial charge is 0.168 e. The molecule has 3 nitrogen and oxygen atoms in total. The summed E-state index contributed by atoms with van der Waals surface area (Å²) in [5, 5.41) is 0. The summed E-state index contributed by atoms with van der Waals surface area (Å²) >= 11 is 0. The standard InChI is InChI=1S/C9H16O2.C6H13N/c1-8-6-10-9(11-7-8)4-2-3-5-9;1-7-5-3-2-4-6-7/h8H,2-7H2,1H3;2-6H2,1H3. The molecule has 0 aromatic rings. The van der Waals surface area contributed by atoms with Gasteiger partial charge in [-0.3, -0.25) is 0 Å². The number of nitrogens with zero attached hydrogens (tertiary/aromatic N) is 1. The van der Waals surface area contributed by atoms with Gasteiger partial charge in [0.25, 0.3) is 0 Å². The summed E-state index contributed by atoms with van der Waals surface area (Å²) in [6.07, 6.45) is 9.04. The van der Waals surface area contributed by atoms with Gasteiger partial charge in [0.2, 0.25) is 0 Å². The van der Waals surface area contributed by atoms with E-state index in [1.165, 1.54) is 45.2 Å². The minimum absolute atomic E-state index is 0.146. The molecule has 1 saturated carbocycles. The van der Waals surface area contributed by atoms with Crippen LogP contribution in [0.5, 0.6) is 0 Å². The Kier molecular flexibility index (Phi) is 5.46. The quantitative estimate of drug-likeness (QED) is 0.664. The number of hydrogen-bond acceptors (Lipinski definition) is 3. The third kappa shape index (κ3) is 4.22. The third-order valence-electron chi connectivity index (χ3n) is 4.21. The number of likely N-dealkylation sites (tertiary alicyclic amines) is 1. The second kappa shape index (κ2) is 6.88. The van der Waals surface area contributed by atoms with Crippen LogP contribution in [0, 0.1) is 5.92 Å². The van der Waals surface area contributed by atoms with Crippen LogP contribution in [0.25, 0.3) is 0 Å². The highest BCUT2D eigenvalue weighted by atomic mass is 16.7. The molecule has 3 heteroatoms. The lowest BCUT2D eigenvalue weighted by Crippen LogP contribution is -2.41. The monoisotopic (exact) mass is 255 g/mol. The Morgan fingerprint density at radius 3 is 1.89 bits per heavy atom. The fourth-order valence-corrected chi connectivity index (χ4v) is 2.93. The van der Waals surface area contributed by atoms with E-state index >= 15 is 0 Å². The highest BCUT2D eigenvalue weighted by Gasteiger charge is 2.39. The van der Waals surface area contributed by atoms with Gasteiger partial charge in [-0.2, -0.15) is 0 Å². The van der Waals surface area contributed by atoms with Gasteiger partial charge < -0.3 is 14.4 Å². The summed E-state index contributed by atoms with van der Waals surface area (Å²) in [6.45, 7) is 6.59. The summed E-state index contributed by atoms with van der Waals surface area (Å²) < 4.78 is 11.4. The molecule has 0 atom stereocenters. The van der Waals surface area contributed by atoms with E-state index in [1.807, 2.05) is 0 Å². The van der Waals surface area contributed by atoms with E-state index in [9.17, 15) is 0 Å². The summed E-state index contributed by atoms with van der Waals surface area (Å²) in [5.41, 5.74) is 0. The van der Waals surface area contributed by atoms with E-state index in [4.69, 9.17) is 9.47 Å². The lowest BCUT2D eigenvalue weighted by atomic mass is 10.1. The molecule has 0 amide bonds. The maximum absolute atomic E-state index is 5.72. The van der Waals surface area contributed by atoms with Crippen LogP contribution in [0.15, 0.2) is 0 Å². The maximum Gasteiger partial charge on any atom is 0.168 e. The average molecular weight is 255 g/mol. The lowest BCUT2D eigenvalue weighted by Gasteiger charge is -2.36. The van der Waals surface area contributed by atoms with Gasteiger partial charge in [0, 0.05) is 18.8 Å². The number of hydrogen-bond donors (Lipinski definition) is 0. The molecular weight excluding hydrogens is 226 g/mol. The molecule has 0 unspecified atom stereocenters. The SMILES string of the molecule is CC1COC2(CCCC2)OC1.CN1CCCCC1. The van der Waals surface area contributed by atoms with E-state index in [2.05, 4.69) is 18.9 Å². The Balaban J connectivity index is 0.000000149. The van der Waals surface area contributed by atoms with Crippen molar-refractivity contribution < 1.29 is 9.47 Å². The van der Waals surface area contributed by atoms with Gasteiger partial charge in [-0.1, -0.05) is 13.3 Å². The topological polar surface area (TPSA) is 21.7 Å². The molecule has 18 heavy (non-hydrogen) atoms. The van der Waals surface area contributed by atoms with Crippen molar-refractivity contribution in [3.63, 3.8) is 0 Å². The van der Waals surface area contributed by atoms with Crippen LogP contribution < -0.4 is 0 Å². The molecule has 3 fully saturated rings. The largest absolute Gasteiger partial charge is 0.350 e. The van der Waals surface area contributed by atoms with E-state index in [1.54, 1.807) is 0 Å². The number of ether oxygens (including phenoxy) is 2. The van der Waals surface area contributed by atoms with Crippen LogP contribution in [0.1, 0.15) is 51.9 Å². The molecule has 0 N–H and O–H groups in total. The van der Waals surface area contributed by atoms with Crippen molar-refractivity contribution >= 4 is 0 Å². The molecular formula is C15H29NO2. The van der Waals surface area contributed by atoms with Crippen molar-refractivity contribution in [3.8, 4) is 0 Å². The Labute approximate surface area is 112 Å². The van der Waals surface area contributed by atoms with Crippen LogP contribution in [0.4, 0.5) is 0 Å². The molecule has 1 aliphatic carbocycles. The molecule has 3 rings (SSSR count). The molecule has 2 saturated heterocycles. The van der Waals surface area contributed by atoms with Gasteiger partial charge in [-0.15, -0.1) is 0 Å². The molecule has 0 aromatic carbocycles. The van der Waals surface area contributed by atoms with Gasteiger partial charge in [-0.05, 0) is 45.8 Å². The first-order chi connectivity index (χ1) is 8.70. The van der Waals surface area contributed by atoms with Gasteiger partial charge in [0.1, 0.15) is 0 Å². The zero-order chi connectivity index (χ0) is 12.8. The van der Waals surface area contributed by atoms with Crippen LogP contribution in [-0.2, 0) is 9.47 Å². The third-order valence-corrected chi connectivity index (χ3v) is 4.21. The lowest BCUT2D eigenvalue weighted by molar-refractivity contribution is -0.276. The van der Waals surface area contributed by atoms with Gasteiger partial charge in [-0.25, -0.2) is 0 Å². The Morgan fingerprint density at radius 1 is 0.889 bits per heavy atom. The highest BCUT2D eigenvalue weighted by molar-refractivity contribution is 4.80. The van der Waals surface area contributed by atoms with Crippen molar-refractivity contribution in [1.82, 2.24) is 4.90 Å². The Bertz CT molecular complexity index is 223. The zero-order valence-corrected chi connectivity index (χ0v) is 12.1. The van der Waals surface area contributed by atoms with Crippen molar-refractivity contribution in [2.45, 2.75) is 57.7 Å². The first-order valence-corrected chi connectivity index (χ1v) is 7.67. The average Bonchev–Trinajstić information content (AvgIpc) is 2.84. The first-order valence-electron chi connectivity index (χ1n) is 7.67. The summed E-state index contributed by atoms with van der Waals surface area (Å²) in [7, 11) is 2.19. The summed E-state index contributed by atoms with van der Waals surface area (Å²) in [6, 6.07) is 0. The molecule has 2 aliphatic heterocycles. The molecule has 0 aromatic heterocycles. The number of rotatable bonds is 0. The highest BCUT2D eigenvalue weighted by Crippen LogP contribution is 2.37. The van der Waals surface area contributed by atoms with E-state index in [0.29, 0.717) is 5.92 Å². The summed E-state index contributed by atoms with van der Waals surface area (Å²) in [5.74, 6) is 0.438. The van der Waals surface area contributed by atoms with E-state index in [-0.39, 0.29) is 5.79 Å². The van der Waals surface area contributed by atoms with Gasteiger partial charge >= 0.3 is 0 Å². The molecule has 0 bridgehead atoms. The zero-order valence-electron chi connectivity index (χ0n) is 12.1. The van der Waals surface area contributed by atoms with Gasteiger partial charge in [0.05, 0.1) is 13.2 Å². The van der Waals surface area contributed by atoms with Crippen LogP contribution in [-0.4, -0.2) is 44.0 Å². The first kappa shape index (κ1) is 14.3. The Hall–Kier alpha value is -0.120. The fourth-order valence-electron chi connectivity index (χ4n) is 2.93. The molecule has 1 spiro atoms. The maximum atomic E-state index is 5.72. The second-order valence-electron chi connectivity index (χ2n) is 6.21. The minimum Gasteiger partial charge on any atom is -0.350 e.